The zero-order valence-corrected chi connectivity index (χ0v) is 11.8. The topological polar surface area (TPSA) is 89.7 Å². The van der Waals surface area contributed by atoms with Crippen molar-refractivity contribution in [2.75, 3.05) is 0 Å². The van der Waals surface area contributed by atoms with E-state index >= 15 is 0 Å². The number of rotatable bonds is 4. The average molecular weight is 356 g/mol. The van der Waals surface area contributed by atoms with Gasteiger partial charge in [0.05, 0.1) is 15.5 Å². The summed E-state index contributed by atoms with van der Waals surface area (Å²) in [5.41, 5.74) is -0.587. The van der Waals surface area contributed by atoms with Gasteiger partial charge < -0.3 is 9.84 Å². The van der Waals surface area contributed by atoms with Gasteiger partial charge in [-0.05, 0) is 34.1 Å². The van der Waals surface area contributed by atoms with Gasteiger partial charge in [0.15, 0.2) is 0 Å². The molecule has 2 aromatic carbocycles. The van der Waals surface area contributed by atoms with Gasteiger partial charge in [-0.25, -0.2) is 9.18 Å². The van der Waals surface area contributed by atoms with E-state index in [1.807, 2.05) is 0 Å². The summed E-state index contributed by atoms with van der Waals surface area (Å²) < 4.78 is 18.9. The Balaban J connectivity index is 2.45. The fraction of sp³-hybridized carbons (Fsp3) is 0. The van der Waals surface area contributed by atoms with Crippen molar-refractivity contribution >= 4 is 27.6 Å². The summed E-state index contributed by atoms with van der Waals surface area (Å²) in [6, 6.07) is 6.90. The van der Waals surface area contributed by atoms with Crippen LogP contribution in [0.15, 0.2) is 40.9 Å². The molecule has 0 unspecified atom stereocenters. The van der Waals surface area contributed by atoms with Gasteiger partial charge in [-0.1, -0.05) is 0 Å². The van der Waals surface area contributed by atoms with Crippen LogP contribution in [0.1, 0.15) is 10.4 Å². The highest BCUT2D eigenvalue weighted by Crippen LogP contribution is 2.31. The lowest BCUT2D eigenvalue weighted by Gasteiger charge is -2.09. The highest BCUT2D eigenvalue weighted by Gasteiger charge is 2.17. The number of hydrogen-bond acceptors (Lipinski definition) is 4. The third-order valence-corrected chi connectivity index (χ3v) is 3.17. The summed E-state index contributed by atoms with van der Waals surface area (Å²) in [5, 5.41) is 19.8. The second-order valence-electron chi connectivity index (χ2n) is 3.92. The van der Waals surface area contributed by atoms with E-state index < -0.39 is 16.7 Å². The van der Waals surface area contributed by atoms with Crippen molar-refractivity contribution in [2.45, 2.75) is 0 Å². The molecule has 0 amide bonds. The number of nitrogens with zero attached hydrogens (tertiary/aromatic N) is 1. The smallest absolute Gasteiger partial charge is 0.339 e. The van der Waals surface area contributed by atoms with Gasteiger partial charge in [-0.15, -0.1) is 0 Å². The number of ether oxygens (including phenoxy) is 1. The van der Waals surface area contributed by atoms with Gasteiger partial charge in [0, 0.05) is 12.1 Å². The van der Waals surface area contributed by atoms with Crippen LogP contribution < -0.4 is 4.74 Å². The molecule has 0 aromatic heterocycles. The van der Waals surface area contributed by atoms with E-state index in [1.54, 1.807) is 0 Å². The minimum absolute atomic E-state index is 0.0266. The molecule has 2 rings (SSSR count). The average Bonchev–Trinajstić information content (AvgIpc) is 2.42. The molecular formula is C13H7BrFNO5. The Morgan fingerprint density at radius 3 is 2.57 bits per heavy atom. The maximum atomic E-state index is 13.4. The maximum absolute atomic E-state index is 13.4. The molecular weight excluding hydrogens is 349 g/mol. The summed E-state index contributed by atoms with van der Waals surface area (Å²) in [5.74, 6) is -2.12. The molecule has 2 aromatic rings. The van der Waals surface area contributed by atoms with Crippen LogP contribution in [0.3, 0.4) is 0 Å². The van der Waals surface area contributed by atoms with Crippen LogP contribution in [-0.2, 0) is 0 Å². The number of aromatic carboxylic acids is 1. The van der Waals surface area contributed by atoms with Crippen LogP contribution in [0.4, 0.5) is 10.1 Å². The van der Waals surface area contributed by atoms with Crippen LogP contribution in [0.2, 0.25) is 0 Å². The third-order valence-electron chi connectivity index (χ3n) is 2.53. The van der Waals surface area contributed by atoms with Crippen molar-refractivity contribution in [1.29, 1.82) is 0 Å². The Bertz CT molecular complexity index is 734. The molecule has 21 heavy (non-hydrogen) atoms. The third kappa shape index (κ3) is 3.34. The molecule has 8 heteroatoms. The summed E-state index contributed by atoms with van der Waals surface area (Å²) in [6.45, 7) is 0. The molecule has 6 nitrogen and oxygen atoms in total. The predicted molar refractivity (Wildman–Crippen MR) is 74.2 cm³/mol. The fourth-order valence-electron chi connectivity index (χ4n) is 1.55. The Hall–Kier alpha value is -2.48. The quantitative estimate of drug-likeness (QED) is 0.661. The van der Waals surface area contributed by atoms with Crippen LogP contribution in [-0.4, -0.2) is 16.0 Å². The van der Waals surface area contributed by atoms with Gasteiger partial charge in [0.25, 0.3) is 5.69 Å². The van der Waals surface area contributed by atoms with Crippen molar-refractivity contribution in [3.63, 3.8) is 0 Å². The fourth-order valence-corrected chi connectivity index (χ4v) is 1.80. The molecule has 0 aliphatic rings. The summed E-state index contributed by atoms with van der Waals surface area (Å²) in [7, 11) is 0. The lowest BCUT2D eigenvalue weighted by atomic mass is 10.2. The number of hydrogen-bond donors (Lipinski definition) is 1. The summed E-state index contributed by atoms with van der Waals surface area (Å²) in [4.78, 5) is 21.1. The first-order valence-corrected chi connectivity index (χ1v) is 6.32. The van der Waals surface area contributed by atoms with Gasteiger partial charge >= 0.3 is 5.97 Å². The molecule has 108 valence electrons. The Labute approximate surface area is 126 Å². The molecule has 0 saturated heterocycles. The number of non-ortho nitro benzene ring substituents is 1. The predicted octanol–water partition coefficient (Wildman–Crippen LogP) is 3.99. The molecule has 0 spiro atoms. The van der Waals surface area contributed by atoms with E-state index in [4.69, 9.17) is 9.84 Å². The molecule has 0 radical (unpaired) electrons. The van der Waals surface area contributed by atoms with E-state index in [2.05, 4.69) is 15.9 Å². The monoisotopic (exact) mass is 355 g/mol. The Morgan fingerprint density at radius 1 is 1.29 bits per heavy atom. The van der Waals surface area contributed by atoms with Crippen molar-refractivity contribution in [1.82, 2.24) is 0 Å². The van der Waals surface area contributed by atoms with E-state index in [0.29, 0.717) is 0 Å². The van der Waals surface area contributed by atoms with Gasteiger partial charge in [-0.2, -0.15) is 0 Å². The zero-order chi connectivity index (χ0) is 15.6. The number of nitro groups is 1. The van der Waals surface area contributed by atoms with Crippen LogP contribution in [0.5, 0.6) is 11.5 Å². The van der Waals surface area contributed by atoms with E-state index in [9.17, 15) is 19.3 Å². The Kier molecular flexibility index (Phi) is 4.18. The molecule has 0 atom stereocenters. The summed E-state index contributed by atoms with van der Waals surface area (Å²) >= 11 is 2.97. The van der Waals surface area contributed by atoms with E-state index in [0.717, 1.165) is 24.3 Å². The maximum Gasteiger partial charge on any atom is 0.339 e. The SMILES string of the molecule is O=C(O)c1ccc([N+](=O)[O-])cc1Oc1ccc(Br)c(F)c1. The van der Waals surface area contributed by atoms with E-state index in [1.165, 1.54) is 12.1 Å². The van der Waals surface area contributed by atoms with Crippen molar-refractivity contribution < 1.29 is 24.0 Å². The number of carbonyl (C=O) groups is 1. The van der Waals surface area contributed by atoms with Crippen LogP contribution in [0.25, 0.3) is 0 Å². The normalized spacial score (nSPS) is 10.2. The van der Waals surface area contributed by atoms with Gasteiger partial charge in [0.1, 0.15) is 22.9 Å². The number of benzene rings is 2. The lowest BCUT2D eigenvalue weighted by molar-refractivity contribution is -0.384. The highest BCUT2D eigenvalue weighted by atomic mass is 79.9. The highest BCUT2D eigenvalue weighted by molar-refractivity contribution is 9.10. The van der Waals surface area contributed by atoms with Crippen LogP contribution in [0, 0.1) is 15.9 Å². The first-order valence-electron chi connectivity index (χ1n) is 5.53. The van der Waals surface area contributed by atoms with Gasteiger partial charge in [0.2, 0.25) is 0 Å². The van der Waals surface area contributed by atoms with Gasteiger partial charge in [-0.3, -0.25) is 10.1 Å². The van der Waals surface area contributed by atoms with E-state index in [-0.39, 0.29) is 27.2 Å². The number of nitro benzene ring substituents is 1. The first kappa shape index (κ1) is 14.9. The molecule has 0 saturated carbocycles. The Morgan fingerprint density at radius 2 is 2.00 bits per heavy atom. The minimum Gasteiger partial charge on any atom is -0.478 e. The standard InChI is InChI=1S/C13H7BrFNO5/c14-10-4-2-8(6-11(10)15)21-12-5-7(16(19)20)1-3-9(12)13(17)18/h1-6H,(H,17,18). The second kappa shape index (κ2) is 5.88. The number of carboxylic acids is 1. The molecule has 0 aliphatic carbocycles. The molecule has 0 heterocycles. The zero-order valence-electron chi connectivity index (χ0n) is 10.2. The molecule has 0 aliphatic heterocycles. The number of halogens is 2. The van der Waals surface area contributed by atoms with Crippen molar-refractivity contribution in [3.8, 4) is 11.5 Å². The lowest BCUT2D eigenvalue weighted by Crippen LogP contribution is -2.01. The second-order valence-corrected chi connectivity index (χ2v) is 4.78. The minimum atomic E-state index is -1.31. The first-order chi connectivity index (χ1) is 9.88. The molecule has 1 N–H and O–H groups in total. The molecule has 0 fully saturated rings. The van der Waals surface area contributed by atoms with Crippen molar-refractivity contribution in [3.05, 3.63) is 62.4 Å². The van der Waals surface area contributed by atoms with Crippen LogP contribution >= 0.6 is 15.9 Å². The molecule has 0 bridgehead atoms. The van der Waals surface area contributed by atoms with Crippen molar-refractivity contribution in [2.24, 2.45) is 0 Å². The largest absolute Gasteiger partial charge is 0.478 e. The number of carboxylic acid groups (broad SMARTS) is 1. The summed E-state index contributed by atoms with van der Waals surface area (Å²) in [6.07, 6.45) is 0.